The molecule has 4 aromatic rings. The molecule has 1 saturated heterocycles. The van der Waals surface area contributed by atoms with E-state index in [1.807, 2.05) is 53.4 Å². The van der Waals surface area contributed by atoms with Crippen LogP contribution in [0.2, 0.25) is 0 Å². The van der Waals surface area contributed by atoms with Crippen molar-refractivity contribution in [2.24, 2.45) is 5.73 Å². The van der Waals surface area contributed by atoms with Gasteiger partial charge in [0.15, 0.2) is 0 Å². The lowest BCUT2D eigenvalue weighted by Gasteiger charge is -2.32. The second-order valence-electron chi connectivity index (χ2n) is 9.47. The maximum absolute atomic E-state index is 12.8. The molecule has 8 nitrogen and oxygen atoms in total. The van der Waals surface area contributed by atoms with Crippen LogP contribution < -0.4 is 5.73 Å². The number of piperazine rings is 1. The number of nitrogens with two attached hydrogens (primary N) is 1. The number of nitrogens with zero attached hydrogens (tertiary/aromatic N) is 5. The summed E-state index contributed by atoms with van der Waals surface area (Å²) < 4.78 is 1.61. The molecule has 2 N–H and O–H groups in total. The van der Waals surface area contributed by atoms with E-state index in [9.17, 15) is 9.59 Å². The second kappa shape index (κ2) is 10.4. The number of hydrogen-bond donors (Lipinski definition) is 1. The van der Waals surface area contributed by atoms with Crippen LogP contribution in [0.15, 0.2) is 72.8 Å². The fourth-order valence-electron chi connectivity index (χ4n) is 4.54. The Balaban J connectivity index is 1.22. The molecule has 188 valence electrons. The van der Waals surface area contributed by atoms with Gasteiger partial charge < -0.3 is 15.5 Å². The third-order valence-electron chi connectivity index (χ3n) is 6.79. The molecular formula is C29H30N6O2. The summed E-state index contributed by atoms with van der Waals surface area (Å²) in [7, 11) is 2.09. The molecule has 1 aliphatic heterocycles. The summed E-state index contributed by atoms with van der Waals surface area (Å²) in [6.07, 6.45) is 0.794. The number of hydrogen-bond acceptors (Lipinski definition) is 5. The van der Waals surface area contributed by atoms with E-state index >= 15 is 0 Å². The molecule has 3 aromatic carbocycles. The molecule has 37 heavy (non-hydrogen) atoms. The van der Waals surface area contributed by atoms with E-state index in [1.165, 1.54) is 5.56 Å². The highest BCUT2D eigenvalue weighted by atomic mass is 16.2. The average molecular weight is 495 g/mol. The van der Waals surface area contributed by atoms with Gasteiger partial charge in [0.2, 0.25) is 5.82 Å². The number of benzene rings is 3. The van der Waals surface area contributed by atoms with Crippen molar-refractivity contribution in [1.29, 1.82) is 0 Å². The molecular weight excluding hydrogens is 464 g/mol. The summed E-state index contributed by atoms with van der Waals surface area (Å²) in [6.45, 7) is 5.17. The third-order valence-corrected chi connectivity index (χ3v) is 6.79. The van der Waals surface area contributed by atoms with Gasteiger partial charge in [-0.1, -0.05) is 48.5 Å². The fourth-order valence-corrected chi connectivity index (χ4v) is 4.54. The first-order valence-electron chi connectivity index (χ1n) is 12.4. The first-order valence-corrected chi connectivity index (χ1v) is 12.4. The van der Waals surface area contributed by atoms with Crippen molar-refractivity contribution in [3.63, 3.8) is 0 Å². The van der Waals surface area contributed by atoms with Crippen LogP contribution >= 0.6 is 0 Å². The van der Waals surface area contributed by atoms with Crippen molar-refractivity contribution in [1.82, 2.24) is 24.6 Å². The van der Waals surface area contributed by atoms with Crippen LogP contribution in [-0.2, 0) is 6.42 Å². The van der Waals surface area contributed by atoms with Crippen LogP contribution in [0.1, 0.15) is 37.9 Å². The van der Waals surface area contributed by atoms with Crippen LogP contribution in [0.5, 0.6) is 0 Å². The molecule has 1 aliphatic rings. The molecule has 2 heterocycles. The van der Waals surface area contributed by atoms with E-state index in [0.717, 1.165) is 60.5 Å². The largest absolute Gasteiger partial charge is 0.363 e. The first kappa shape index (κ1) is 24.4. The van der Waals surface area contributed by atoms with E-state index < -0.39 is 5.91 Å². The Labute approximate surface area is 216 Å². The Morgan fingerprint density at radius 3 is 1.89 bits per heavy atom. The number of aromatic nitrogens is 3. The highest BCUT2D eigenvalue weighted by molar-refractivity contribution is 5.94. The van der Waals surface area contributed by atoms with Crippen molar-refractivity contribution >= 4 is 11.8 Å². The first-order chi connectivity index (χ1) is 17.9. The number of carbonyl (C=O) groups is 2. The van der Waals surface area contributed by atoms with Gasteiger partial charge in [-0.2, -0.15) is 0 Å². The summed E-state index contributed by atoms with van der Waals surface area (Å²) in [4.78, 5) is 32.4. The number of primary amides is 1. The predicted molar refractivity (Wildman–Crippen MR) is 143 cm³/mol. The Hall–Kier alpha value is -4.30. The number of carbonyl (C=O) groups excluding carboxylic acids is 2. The zero-order valence-electron chi connectivity index (χ0n) is 21.1. The normalized spacial score (nSPS) is 14.1. The van der Waals surface area contributed by atoms with Gasteiger partial charge in [0.05, 0.1) is 5.69 Å². The van der Waals surface area contributed by atoms with Crippen LogP contribution in [0.3, 0.4) is 0 Å². The van der Waals surface area contributed by atoms with Gasteiger partial charge in [0.25, 0.3) is 11.8 Å². The maximum Gasteiger partial charge on any atom is 0.288 e. The van der Waals surface area contributed by atoms with Crippen LogP contribution in [0, 0.1) is 6.92 Å². The molecule has 8 heteroatoms. The average Bonchev–Trinajstić information content (AvgIpc) is 3.32. The van der Waals surface area contributed by atoms with Gasteiger partial charge in [-0.25, -0.2) is 9.67 Å². The lowest BCUT2D eigenvalue weighted by atomic mass is 9.99. The molecule has 5 rings (SSSR count). The maximum atomic E-state index is 12.8. The number of aryl methyl sites for hydroxylation is 1. The third kappa shape index (κ3) is 5.44. The Bertz CT molecular complexity index is 1400. The van der Waals surface area contributed by atoms with E-state index in [4.69, 9.17) is 5.73 Å². The Morgan fingerprint density at radius 2 is 1.35 bits per heavy atom. The molecule has 1 fully saturated rings. The minimum atomic E-state index is -0.642. The van der Waals surface area contributed by atoms with Crippen molar-refractivity contribution in [2.75, 3.05) is 33.2 Å². The number of likely N-dealkylation sites (N-methyl/N-ethyl adjacent to an activating group) is 1. The summed E-state index contributed by atoms with van der Waals surface area (Å²) in [5, 5.41) is 4.18. The van der Waals surface area contributed by atoms with Gasteiger partial charge in [-0.3, -0.25) is 9.59 Å². The van der Waals surface area contributed by atoms with Crippen molar-refractivity contribution < 1.29 is 9.59 Å². The monoisotopic (exact) mass is 494 g/mol. The lowest BCUT2D eigenvalue weighted by Crippen LogP contribution is -2.47. The highest BCUT2D eigenvalue weighted by Crippen LogP contribution is 2.22. The van der Waals surface area contributed by atoms with Crippen molar-refractivity contribution in [3.05, 3.63) is 101 Å². The van der Waals surface area contributed by atoms with Gasteiger partial charge in [-0.05, 0) is 66.9 Å². The number of rotatable bonds is 6. The van der Waals surface area contributed by atoms with Crippen molar-refractivity contribution in [2.45, 2.75) is 13.3 Å². The van der Waals surface area contributed by atoms with Gasteiger partial charge >= 0.3 is 0 Å². The summed E-state index contributed by atoms with van der Waals surface area (Å²) >= 11 is 0. The molecule has 0 unspecified atom stereocenters. The molecule has 0 spiro atoms. The Kier molecular flexibility index (Phi) is 6.83. The second-order valence-corrected chi connectivity index (χ2v) is 9.47. The number of amides is 2. The predicted octanol–water partition coefficient (Wildman–Crippen LogP) is 3.32. The van der Waals surface area contributed by atoms with Gasteiger partial charge in [-0.15, -0.1) is 5.10 Å². The molecule has 1 aromatic heterocycles. The summed E-state index contributed by atoms with van der Waals surface area (Å²) in [5.41, 5.74) is 11.4. The summed E-state index contributed by atoms with van der Waals surface area (Å²) in [5.74, 6) is 0.0807. The van der Waals surface area contributed by atoms with E-state index in [1.54, 1.807) is 11.6 Å². The molecule has 0 aliphatic carbocycles. The van der Waals surface area contributed by atoms with Gasteiger partial charge in [0.1, 0.15) is 5.82 Å². The molecule has 0 radical (unpaired) electrons. The van der Waals surface area contributed by atoms with E-state index in [0.29, 0.717) is 5.82 Å². The molecule has 0 atom stereocenters. The minimum absolute atomic E-state index is 0.0120. The van der Waals surface area contributed by atoms with E-state index in [-0.39, 0.29) is 11.7 Å². The van der Waals surface area contributed by atoms with E-state index in [2.05, 4.69) is 46.3 Å². The lowest BCUT2D eigenvalue weighted by molar-refractivity contribution is 0.0664. The Morgan fingerprint density at radius 1 is 0.811 bits per heavy atom. The molecule has 0 bridgehead atoms. The molecule has 2 amide bonds. The standard InChI is InChI=1S/C29H30N6O2/c1-20-31-28(27(30)36)32-35(20)26-13-5-22(6-14-26)19-21-3-7-23(8-4-21)24-9-11-25(12-10-24)29(37)34-17-15-33(2)16-18-34/h3-14H,15-19H2,1-2H3,(H2,30,36). The quantitative estimate of drug-likeness (QED) is 0.444. The van der Waals surface area contributed by atoms with Crippen molar-refractivity contribution in [3.8, 4) is 16.8 Å². The zero-order chi connectivity index (χ0) is 25.9. The SMILES string of the molecule is Cc1nc(C(N)=O)nn1-c1ccc(Cc2ccc(-c3ccc(C(=O)N4CCN(C)CC4)cc3)cc2)cc1. The summed E-state index contributed by atoms with van der Waals surface area (Å²) in [6, 6.07) is 24.4. The fraction of sp³-hybridized carbons (Fsp3) is 0.241. The molecule has 0 saturated carbocycles. The van der Waals surface area contributed by atoms with Crippen LogP contribution in [-0.4, -0.2) is 69.6 Å². The van der Waals surface area contributed by atoms with Crippen LogP contribution in [0.25, 0.3) is 16.8 Å². The smallest absolute Gasteiger partial charge is 0.288 e. The highest BCUT2D eigenvalue weighted by Gasteiger charge is 2.20. The van der Waals surface area contributed by atoms with Crippen LogP contribution in [0.4, 0.5) is 0 Å². The topological polar surface area (TPSA) is 97.3 Å². The van der Waals surface area contributed by atoms with Gasteiger partial charge in [0, 0.05) is 31.7 Å². The minimum Gasteiger partial charge on any atom is -0.363 e. The zero-order valence-corrected chi connectivity index (χ0v) is 21.1.